The first-order valence-electron chi connectivity index (χ1n) is 11.9. The summed E-state index contributed by atoms with van der Waals surface area (Å²) in [6, 6.07) is 10.0. The van der Waals surface area contributed by atoms with Crippen molar-refractivity contribution in [2.24, 2.45) is 0 Å². The zero-order chi connectivity index (χ0) is 22.9. The van der Waals surface area contributed by atoms with Crippen LogP contribution >= 0.6 is 0 Å². The van der Waals surface area contributed by atoms with E-state index in [1.807, 2.05) is 13.8 Å². The smallest absolute Gasteiger partial charge is 0.207 e. The molecule has 2 saturated heterocycles. The quantitative estimate of drug-likeness (QED) is 0.601. The monoisotopic (exact) mass is 478 g/mol. The summed E-state index contributed by atoms with van der Waals surface area (Å²) in [5, 5.41) is 0.970. The van der Waals surface area contributed by atoms with E-state index >= 15 is 0 Å². The van der Waals surface area contributed by atoms with Gasteiger partial charge in [0.1, 0.15) is 0 Å². The molecule has 2 aliphatic rings. The largest absolute Gasteiger partial charge is 0.243 e. The summed E-state index contributed by atoms with van der Waals surface area (Å²) in [7, 11) is -7.46. The molecule has 2 atom stereocenters. The van der Waals surface area contributed by atoms with Gasteiger partial charge in [-0.3, -0.25) is 0 Å². The molecule has 2 heterocycles. The van der Waals surface area contributed by atoms with Crippen molar-refractivity contribution < 1.29 is 16.8 Å². The van der Waals surface area contributed by atoms with Crippen LogP contribution in [0.3, 0.4) is 0 Å². The molecule has 2 aromatic rings. The lowest BCUT2D eigenvalue weighted by Crippen LogP contribution is -2.43. The Kier molecular flexibility index (Phi) is 6.96. The van der Waals surface area contributed by atoms with Crippen LogP contribution < -0.4 is 0 Å². The minimum atomic E-state index is -3.73. The van der Waals surface area contributed by atoms with Crippen molar-refractivity contribution in [3.8, 4) is 0 Å². The fraction of sp³-hybridized carbons (Fsp3) is 0.583. The minimum Gasteiger partial charge on any atom is -0.207 e. The highest BCUT2D eigenvalue weighted by atomic mass is 32.2. The van der Waals surface area contributed by atoms with Gasteiger partial charge in [0.25, 0.3) is 0 Å². The van der Waals surface area contributed by atoms with E-state index in [0.717, 1.165) is 51.4 Å². The SMILES string of the molecule is CC[C@H]1CCCCN1S(=O)(=O)c1cccc2c(S(=O)(=O)N3CCCC[C@@H]3CC)cccc12. The van der Waals surface area contributed by atoms with E-state index in [1.54, 1.807) is 45.0 Å². The highest BCUT2D eigenvalue weighted by Crippen LogP contribution is 2.35. The molecule has 2 fully saturated rings. The van der Waals surface area contributed by atoms with E-state index in [9.17, 15) is 16.8 Å². The molecular weight excluding hydrogens is 444 g/mol. The third-order valence-corrected chi connectivity index (χ3v) is 11.1. The van der Waals surface area contributed by atoms with Gasteiger partial charge in [-0.15, -0.1) is 0 Å². The van der Waals surface area contributed by atoms with Gasteiger partial charge in [0, 0.05) is 35.9 Å². The first kappa shape index (κ1) is 23.7. The van der Waals surface area contributed by atoms with E-state index in [-0.39, 0.29) is 21.9 Å². The number of sulfonamides is 2. The fourth-order valence-corrected chi connectivity index (χ4v) is 9.30. The molecule has 8 heteroatoms. The van der Waals surface area contributed by atoms with Crippen LogP contribution in [0.15, 0.2) is 46.2 Å². The van der Waals surface area contributed by atoms with Crippen molar-refractivity contribution in [3.05, 3.63) is 36.4 Å². The Balaban J connectivity index is 1.83. The average molecular weight is 479 g/mol. The zero-order valence-electron chi connectivity index (χ0n) is 19.0. The molecule has 2 aliphatic heterocycles. The van der Waals surface area contributed by atoms with Crippen LogP contribution in [-0.2, 0) is 20.0 Å². The van der Waals surface area contributed by atoms with Gasteiger partial charge in [-0.25, -0.2) is 16.8 Å². The summed E-state index contributed by atoms with van der Waals surface area (Å²) in [6.07, 6.45) is 7.07. The molecule has 0 bridgehead atoms. The number of nitrogens with zero attached hydrogens (tertiary/aromatic N) is 2. The molecule has 2 aromatic carbocycles. The first-order valence-corrected chi connectivity index (χ1v) is 14.8. The topological polar surface area (TPSA) is 74.8 Å². The van der Waals surface area contributed by atoms with Crippen LogP contribution in [0.1, 0.15) is 65.2 Å². The van der Waals surface area contributed by atoms with E-state index in [2.05, 4.69) is 0 Å². The number of piperidine rings is 2. The van der Waals surface area contributed by atoms with Gasteiger partial charge >= 0.3 is 0 Å². The molecule has 0 N–H and O–H groups in total. The summed E-state index contributed by atoms with van der Waals surface area (Å²) in [5.41, 5.74) is 0. The molecule has 6 nitrogen and oxygen atoms in total. The van der Waals surface area contributed by atoms with Gasteiger partial charge < -0.3 is 0 Å². The molecule has 32 heavy (non-hydrogen) atoms. The average Bonchev–Trinajstić information content (AvgIpc) is 2.83. The number of hydrogen-bond donors (Lipinski definition) is 0. The number of fused-ring (bicyclic) bond motifs is 1. The van der Waals surface area contributed by atoms with E-state index in [1.165, 1.54) is 0 Å². The maximum atomic E-state index is 13.7. The van der Waals surface area contributed by atoms with Crippen LogP contribution in [0.5, 0.6) is 0 Å². The van der Waals surface area contributed by atoms with Gasteiger partial charge in [-0.1, -0.05) is 51.0 Å². The second kappa shape index (κ2) is 9.41. The fourth-order valence-electron chi connectivity index (χ4n) is 5.35. The van der Waals surface area contributed by atoms with Crippen molar-refractivity contribution in [1.82, 2.24) is 8.61 Å². The lowest BCUT2D eigenvalue weighted by Gasteiger charge is -2.35. The Morgan fingerprint density at radius 2 is 1.09 bits per heavy atom. The Bertz CT molecular complexity index is 1080. The van der Waals surface area contributed by atoms with Gasteiger partial charge in [0.05, 0.1) is 9.79 Å². The van der Waals surface area contributed by atoms with Crippen molar-refractivity contribution in [2.75, 3.05) is 13.1 Å². The number of benzene rings is 2. The summed E-state index contributed by atoms with van der Waals surface area (Å²) in [6.45, 7) is 5.08. The highest BCUT2D eigenvalue weighted by Gasteiger charge is 2.36. The van der Waals surface area contributed by atoms with E-state index in [0.29, 0.717) is 23.9 Å². The predicted molar refractivity (Wildman–Crippen MR) is 128 cm³/mol. The summed E-state index contributed by atoms with van der Waals surface area (Å²) in [5.74, 6) is 0. The molecule has 0 amide bonds. The van der Waals surface area contributed by atoms with Crippen molar-refractivity contribution >= 4 is 30.8 Å². The Labute approximate surface area is 192 Å². The standard InChI is InChI=1S/C24H34N2O4S2/c1-3-19-11-5-7-17-25(19)31(27,28)23-15-9-14-22-21(23)13-10-16-24(22)32(29,30)26-18-8-6-12-20(26)4-2/h9-10,13-16,19-20H,3-8,11-12,17-18H2,1-2H3/t19-,20-/m0/s1. The predicted octanol–water partition coefficient (Wildman–Crippen LogP) is 4.75. The first-order chi connectivity index (χ1) is 15.3. The molecule has 0 aliphatic carbocycles. The van der Waals surface area contributed by atoms with Crippen molar-refractivity contribution in [2.45, 2.75) is 87.1 Å². The second-order valence-corrected chi connectivity index (χ2v) is 12.7. The molecule has 0 saturated carbocycles. The van der Waals surface area contributed by atoms with Crippen LogP contribution in [-0.4, -0.2) is 50.6 Å². The Hall–Kier alpha value is -1.48. The molecule has 0 radical (unpaired) electrons. The van der Waals surface area contributed by atoms with Crippen molar-refractivity contribution in [3.63, 3.8) is 0 Å². The zero-order valence-corrected chi connectivity index (χ0v) is 20.7. The van der Waals surface area contributed by atoms with Crippen LogP contribution in [0, 0.1) is 0 Å². The maximum absolute atomic E-state index is 13.7. The van der Waals surface area contributed by atoms with Crippen LogP contribution in [0.25, 0.3) is 10.8 Å². The van der Waals surface area contributed by atoms with E-state index in [4.69, 9.17) is 0 Å². The summed E-state index contributed by atoms with van der Waals surface area (Å²) < 4.78 is 58.0. The van der Waals surface area contributed by atoms with Gasteiger partial charge in [0.15, 0.2) is 0 Å². The van der Waals surface area contributed by atoms with Gasteiger partial charge in [-0.2, -0.15) is 8.61 Å². The second-order valence-electron chi connectivity index (χ2n) is 8.95. The molecule has 0 aromatic heterocycles. The van der Waals surface area contributed by atoms with Crippen LogP contribution in [0.4, 0.5) is 0 Å². The van der Waals surface area contributed by atoms with Gasteiger partial charge in [-0.05, 0) is 50.7 Å². The molecule has 4 rings (SSSR count). The third kappa shape index (κ3) is 4.11. The maximum Gasteiger partial charge on any atom is 0.243 e. The molecule has 0 unspecified atom stereocenters. The van der Waals surface area contributed by atoms with Gasteiger partial charge in [0.2, 0.25) is 20.0 Å². The lowest BCUT2D eigenvalue weighted by molar-refractivity contribution is 0.246. The summed E-state index contributed by atoms with van der Waals surface area (Å²) >= 11 is 0. The van der Waals surface area contributed by atoms with Crippen molar-refractivity contribution in [1.29, 1.82) is 0 Å². The Morgan fingerprint density at radius 3 is 1.47 bits per heavy atom. The van der Waals surface area contributed by atoms with E-state index < -0.39 is 20.0 Å². The number of hydrogen-bond acceptors (Lipinski definition) is 4. The van der Waals surface area contributed by atoms with Crippen LogP contribution in [0.2, 0.25) is 0 Å². The molecular formula is C24H34N2O4S2. The number of rotatable bonds is 6. The summed E-state index contributed by atoms with van der Waals surface area (Å²) in [4.78, 5) is 0.413. The minimum absolute atomic E-state index is 0.00502. The molecule has 0 spiro atoms. The highest BCUT2D eigenvalue weighted by molar-refractivity contribution is 7.89. The normalized spacial score (nSPS) is 24.1. The Morgan fingerprint density at radius 1 is 0.688 bits per heavy atom. The molecule has 176 valence electrons. The third-order valence-electron chi connectivity index (χ3n) is 7.10. The lowest BCUT2D eigenvalue weighted by atomic mass is 10.0.